The van der Waals surface area contributed by atoms with Gasteiger partial charge in [-0.15, -0.1) is 0 Å². The Labute approximate surface area is 113 Å². The van der Waals surface area contributed by atoms with E-state index in [9.17, 15) is 5.11 Å². The van der Waals surface area contributed by atoms with Crippen LogP contribution in [0.15, 0.2) is 54.6 Å². The molecule has 0 fully saturated rings. The van der Waals surface area contributed by atoms with Crippen molar-refractivity contribution in [1.29, 1.82) is 0 Å². The van der Waals surface area contributed by atoms with Crippen molar-refractivity contribution in [3.8, 4) is 5.75 Å². The van der Waals surface area contributed by atoms with Crippen LogP contribution in [0, 0.1) is 0 Å². The molecular formula is C17H18O2. The molecule has 2 atom stereocenters. The number of para-hydroxylation sites is 1. The maximum absolute atomic E-state index is 9.81. The second kappa shape index (κ2) is 4.71. The summed E-state index contributed by atoms with van der Waals surface area (Å²) in [6, 6.07) is 18.2. The van der Waals surface area contributed by atoms with Crippen LogP contribution in [0.2, 0.25) is 0 Å². The van der Waals surface area contributed by atoms with E-state index in [1.807, 2.05) is 42.5 Å². The molecule has 0 unspecified atom stereocenters. The van der Waals surface area contributed by atoms with Crippen LogP contribution in [0.5, 0.6) is 5.75 Å². The first-order chi connectivity index (χ1) is 9.23. The van der Waals surface area contributed by atoms with Gasteiger partial charge < -0.3 is 9.84 Å². The molecule has 1 aliphatic rings. The Morgan fingerprint density at radius 2 is 1.79 bits per heavy atom. The lowest BCUT2D eigenvalue weighted by atomic mass is 9.75. The van der Waals surface area contributed by atoms with Crippen LogP contribution in [0.25, 0.3) is 0 Å². The van der Waals surface area contributed by atoms with E-state index in [0.29, 0.717) is 0 Å². The van der Waals surface area contributed by atoms with E-state index in [2.05, 4.69) is 19.1 Å². The Morgan fingerprint density at radius 3 is 2.53 bits per heavy atom. The van der Waals surface area contributed by atoms with Crippen LogP contribution >= 0.6 is 0 Å². The summed E-state index contributed by atoms with van der Waals surface area (Å²) in [5.74, 6) is 0.888. The summed E-state index contributed by atoms with van der Waals surface area (Å²) in [6.07, 6.45) is 0.804. The number of aliphatic hydroxyl groups is 1. The molecular weight excluding hydrogens is 236 g/mol. The zero-order valence-electron chi connectivity index (χ0n) is 11.0. The van der Waals surface area contributed by atoms with Gasteiger partial charge in [0.2, 0.25) is 0 Å². The lowest BCUT2D eigenvalue weighted by Gasteiger charge is -2.39. The van der Waals surface area contributed by atoms with E-state index in [4.69, 9.17) is 4.74 Å². The molecule has 0 aliphatic carbocycles. The molecule has 1 N–H and O–H groups in total. The first kappa shape index (κ1) is 12.2. The fourth-order valence-corrected chi connectivity index (χ4v) is 2.79. The van der Waals surface area contributed by atoms with Gasteiger partial charge in [-0.1, -0.05) is 55.5 Å². The van der Waals surface area contributed by atoms with Gasteiger partial charge in [0, 0.05) is 17.4 Å². The molecule has 0 bridgehead atoms. The monoisotopic (exact) mass is 254 g/mol. The van der Waals surface area contributed by atoms with Gasteiger partial charge in [0.05, 0.1) is 6.61 Å². The molecule has 0 spiro atoms. The Kier molecular flexibility index (Phi) is 3.03. The third-order valence-electron chi connectivity index (χ3n) is 3.96. The summed E-state index contributed by atoms with van der Waals surface area (Å²) < 4.78 is 6.10. The quantitative estimate of drug-likeness (QED) is 0.889. The number of aliphatic hydroxyl groups excluding tert-OH is 1. The van der Waals surface area contributed by atoms with E-state index in [0.717, 1.165) is 23.3 Å². The topological polar surface area (TPSA) is 29.5 Å². The molecule has 0 aromatic heterocycles. The highest BCUT2D eigenvalue weighted by Gasteiger charge is 2.37. The number of hydrogen-bond acceptors (Lipinski definition) is 2. The molecule has 3 rings (SSSR count). The largest absolute Gasteiger partial charge is 0.485 e. The summed E-state index contributed by atoms with van der Waals surface area (Å²) in [7, 11) is 0. The molecule has 98 valence electrons. The Morgan fingerprint density at radius 1 is 1.11 bits per heavy atom. The zero-order valence-corrected chi connectivity index (χ0v) is 11.0. The van der Waals surface area contributed by atoms with E-state index < -0.39 is 0 Å². The van der Waals surface area contributed by atoms with Gasteiger partial charge in [0.25, 0.3) is 0 Å². The maximum atomic E-state index is 9.81. The number of hydrogen-bond donors (Lipinski definition) is 1. The number of fused-ring (bicyclic) bond motifs is 1. The highest BCUT2D eigenvalue weighted by molar-refractivity contribution is 5.42. The normalized spacial score (nSPS) is 25.5. The first-order valence-electron chi connectivity index (χ1n) is 6.65. The van der Waals surface area contributed by atoms with E-state index in [1.165, 1.54) is 0 Å². The van der Waals surface area contributed by atoms with Gasteiger partial charge >= 0.3 is 0 Å². The Bertz CT molecular complexity index is 564. The fraction of sp³-hybridized carbons (Fsp3) is 0.294. The minimum Gasteiger partial charge on any atom is -0.485 e. The summed E-state index contributed by atoms with van der Waals surface area (Å²) in [5, 5.41) is 9.81. The number of rotatable bonds is 2. The molecule has 19 heavy (non-hydrogen) atoms. The Balaban J connectivity index is 2.02. The minimum absolute atomic E-state index is 0.00764. The predicted molar refractivity (Wildman–Crippen MR) is 75.3 cm³/mol. The molecule has 0 saturated heterocycles. The van der Waals surface area contributed by atoms with Crippen LogP contribution < -0.4 is 4.74 Å². The molecule has 2 aromatic carbocycles. The molecule has 1 heterocycles. The summed E-state index contributed by atoms with van der Waals surface area (Å²) in [5.41, 5.74) is 2.02. The van der Waals surface area contributed by atoms with Crippen molar-refractivity contribution in [2.45, 2.75) is 24.9 Å². The average molecular weight is 254 g/mol. The van der Waals surface area contributed by atoms with Gasteiger partial charge in [0.1, 0.15) is 11.9 Å². The zero-order chi connectivity index (χ0) is 13.3. The third kappa shape index (κ3) is 2.13. The van der Waals surface area contributed by atoms with E-state index in [-0.39, 0.29) is 18.1 Å². The number of benzene rings is 2. The third-order valence-corrected chi connectivity index (χ3v) is 3.96. The minimum atomic E-state index is -0.241. The number of ether oxygens (including phenoxy) is 1. The molecule has 1 aliphatic heterocycles. The second-order valence-electron chi connectivity index (χ2n) is 5.44. The van der Waals surface area contributed by atoms with Crippen LogP contribution in [-0.2, 0) is 5.41 Å². The van der Waals surface area contributed by atoms with Gasteiger partial charge in [-0.2, -0.15) is 0 Å². The molecule has 0 saturated carbocycles. The van der Waals surface area contributed by atoms with Crippen LogP contribution in [0.1, 0.15) is 30.6 Å². The fourth-order valence-electron chi connectivity index (χ4n) is 2.79. The predicted octanol–water partition coefficient (Wildman–Crippen LogP) is 3.46. The van der Waals surface area contributed by atoms with Crippen molar-refractivity contribution in [3.05, 3.63) is 65.7 Å². The average Bonchev–Trinajstić information content (AvgIpc) is 2.48. The van der Waals surface area contributed by atoms with Crippen molar-refractivity contribution in [1.82, 2.24) is 0 Å². The van der Waals surface area contributed by atoms with Crippen molar-refractivity contribution in [2.24, 2.45) is 0 Å². The molecule has 0 amide bonds. The maximum Gasteiger partial charge on any atom is 0.125 e. The van der Waals surface area contributed by atoms with Crippen molar-refractivity contribution in [2.75, 3.05) is 6.61 Å². The van der Waals surface area contributed by atoms with E-state index >= 15 is 0 Å². The van der Waals surface area contributed by atoms with E-state index in [1.54, 1.807) is 0 Å². The lowest BCUT2D eigenvalue weighted by molar-refractivity contribution is 0.0913. The highest BCUT2D eigenvalue weighted by atomic mass is 16.5. The van der Waals surface area contributed by atoms with Crippen LogP contribution in [0.3, 0.4) is 0 Å². The van der Waals surface area contributed by atoms with Gasteiger partial charge in [0.15, 0.2) is 0 Å². The van der Waals surface area contributed by atoms with Crippen LogP contribution in [-0.4, -0.2) is 11.7 Å². The standard InChI is InChI=1S/C17H18O2/c1-17(12-18)11-16(13-7-3-2-4-8-13)19-15-10-6-5-9-14(15)17/h2-10,16,18H,11-12H2,1H3/t16-,17-/m1/s1. The van der Waals surface area contributed by atoms with Crippen LogP contribution in [0.4, 0.5) is 0 Å². The molecule has 0 radical (unpaired) electrons. The second-order valence-corrected chi connectivity index (χ2v) is 5.44. The van der Waals surface area contributed by atoms with Gasteiger partial charge in [-0.05, 0) is 11.6 Å². The summed E-state index contributed by atoms with van der Waals surface area (Å²) in [4.78, 5) is 0. The van der Waals surface area contributed by atoms with Crippen molar-refractivity contribution < 1.29 is 9.84 Å². The summed E-state index contributed by atoms with van der Waals surface area (Å²) in [6.45, 7) is 2.24. The SMILES string of the molecule is C[C@]1(CO)C[C@H](c2ccccc2)Oc2ccccc21. The van der Waals surface area contributed by atoms with Crippen molar-refractivity contribution in [3.63, 3.8) is 0 Å². The van der Waals surface area contributed by atoms with Gasteiger partial charge in [-0.25, -0.2) is 0 Å². The molecule has 2 aromatic rings. The summed E-state index contributed by atoms with van der Waals surface area (Å²) >= 11 is 0. The van der Waals surface area contributed by atoms with Crippen molar-refractivity contribution >= 4 is 0 Å². The lowest BCUT2D eigenvalue weighted by Crippen LogP contribution is -2.35. The Hall–Kier alpha value is -1.80. The smallest absolute Gasteiger partial charge is 0.125 e. The molecule has 2 heteroatoms. The first-order valence-corrected chi connectivity index (χ1v) is 6.65. The van der Waals surface area contributed by atoms with Gasteiger partial charge in [-0.3, -0.25) is 0 Å². The highest BCUT2D eigenvalue weighted by Crippen LogP contribution is 2.45. The molecule has 2 nitrogen and oxygen atoms in total.